The van der Waals surface area contributed by atoms with Crippen molar-refractivity contribution in [3.8, 4) is 0 Å². The van der Waals surface area contributed by atoms with Crippen LogP contribution >= 0.6 is 35.3 Å². The molecular formula is C20H29IN6OS. The summed E-state index contributed by atoms with van der Waals surface area (Å²) < 4.78 is 0. The molecule has 1 atom stereocenters. The maximum absolute atomic E-state index is 12.1. The lowest BCUT2D eigenvalue weighted by Gasteiger charge is -2.27. The van der Waals surface area contributed by atoms with Gasteiger partial charge in [0.2, 0.25) is 5.91 Å². The van der Waals surface area contributed by atoms with E-state index in [1.807, 2.05) is 6.92 Å². The number of amides is 1. The Labute approximate surface area is 193 Å². The molecule has 1 amide bonds. The second-order valence-corrected chi connectivity index (χ2v) is 7.62. The molecule has 3 heterocycles. The number of hydrogen-bond donors (Lipinski definition) is 3. The van der Waals surface area contributed by atoms with Crippen molar-refractivity contribution in [3.05, 3.63) is 46.9 Å². The van der Waals surface area contributed by atoms with Crippen molar-refractivity contribution in [1.29, 1.82) is 0 Å². The molecule has 9 heteroatoms. The summed E-state index contributed by atoms with van der Waals surface area (Å²) in [4.78, 5) is 24.5. The summed E-state index contributed by atoms with van der Waals surface area (Å²) >= 11 is 1.79. The molecule has 2 aromatic rings. The van der Waals surface area contributed by atoms with Crippen LogP contribution in [0.3, 0.4) is 0 Å². The van der Waals surface area contributed by atoms with Gasteiger partial charge in [0.1, 0.15) is 6.54 Å². The van der Waals surface area contributed by atoms with Crippen LogP contribution in [0.2, 0.25) is 0 Å². The topological polar surface area (TPSA) is 81.6 Å². The van der Waals surface area contributed by atoms with Crippen molar-refractivity contribution in [2.24, 2.45) is 4.99 Å². The lowest BCUT2D eigenvalue weighted by Crippen LogP contribution is -2.43. The fourth-order valence-corrected chi connectivity index (χ4v) is 4.13. The molecule has 1 fully saturated rings. The molecule has 1 aliphatic rings. The van der Waals surface area contributed by atoms with Gasteiger partial charge in [0.15, 0.2) is 5.96 Å². The summed E-state index contributed by atoms with van der Waals surface area (Å²) in [6.45, 7) is 5.83. The number of nitrogens with one attached hydrogen (secondary N) is 3. The lowest BCUT2D eigenvalue weighted by atomic mass is 10.2. The van der Waals surface area contributed by atoms with Gasteiger partial charge in [-0.3, -0.25) is 14.7 Å². The van der Waals surface area contributed by atoms with Gasteiger partial charge in [-0.05, 0) is 56.4 Å². The first-order valence-corrected chi connectivity index (χ1v) is 10.6. The van der Waals surface area contributed by atoms with E-state index in [2.05, 4.69) is 48.3 Å². The summed E-state index contributed by atoms with van der Waals surface area (Å²) in [7, 11) is 0. The van der Waals surface area contributed by atoms with Gasteiger partial charge in [0, 0.05) is 24.2 Å². The molecular weight excluding hydrogens is 499 g/mol. The summed E-state index contributed by atoms with van der Waals surface area (Å²) in [6, 6.07) is 8.22. The molecule has 0 saturated carbocycles. The third-order valence-electron chi connectivity index (χ3n) is 4.59. The number of halogens is 1. The van der Waals surface area contributed by atoms with E-state index in [0.717, 1.165) is 26.2 Å². The lowest BCUT2D eigenvalue weighted by molar-refractivity contribution is -0.114. The van der Waals surface area contributed by atoms with Gasteiger partial charge in [-0.2, -0.15) is 0 Å². The second-order valence-electron chi connectivity index (χ2n) is 6.64. The highest BCUT2D eigenvalue weighted by Crippen LogP contribution is 2.27. The van der Waals surface area contributed by atoms with Crippen molar-refractivity contribution < 1.29 is 4.79 Å². The average Bonchev–Trinajstić information content (AvgIpc) is 3.42. The third-order valence-corrected chi connectivity index (χ3v) is 5.56. The van der Waals surface area contributed by atoms with Gasteiger partial charge in [-0.1, -0.05) is 6.07 Å². The van der Waals surface area contributed by atoms with Crippen LogP contribution in [0.4, 0.5) is 5.69 Å². The Kier molecular flexibility index (Phi) is 10.4. The van der Waals surface area contributed by atoms with Crippen molar-refractivity contribution >= 4 is 52.9 Å². The molecule has 3 N–H and O–H groups in total. The Bertz CT molecular complexity index is 750. The van der Waals surface area contributed by atoms with E-state index in [-0.39, 0.29) is 36.4 Å². The molecule has 7 nitrogen and oxygen atoms in total. The Hall–Kier alpha value is -1.72. The molecule has 2 aromatic heterocycles. The maximum atomic E-state index is 12.1. The van der Waals surface area contributed by atoms with E-state index in [1.165, 1.54) is 17.7 Å². The zero-order valence-electron chi connectivity index (χ0n) is 16.6. The molecule has 0 aromatic carbocycles. The number of rotatable bonds is 8. The second kappa shape index (κ2) is 12.8. The monoisotopic (exact) mass is 528 g/mol. The number of aliphatic imine (C=N–C) groups is 1. The van der Waals surface area contributed by atoms with Crippen molar-refractivity contribution in [2.45, 2.75) is 25.8 Å². The van der Waals surface area contributed by atoms with Gasteiger partial charge in [-0.25, -0.2) is 4.99 Å². The zero-order chi connectivity index (χ0) is 19.6. The van der Waals surface area contributed by atoms with Crippen molar-refractivity contribution in [1.82, 2.24) is 20.5 Å². The molecule has 0 radical (unpaired) electrons. The van der Waals surface area contributed by atoms with E-state index in [1.54, 1.807) is 35.9 Å². The maximum Gasteiger partial charge on any atom is 0.246 e. The Balaban J connectivity index is 0.00000300. The molecule has 0 bridgehead atoms. The number of carbonyl (C=O) groups is 1. The minimum atomic E-state index is -0.167. The van der Waals surface area contributed by atoms with Gasteiger partial charge in [0.25, 0.3) is 0 Å². The van der Waals surface area contributed by atoms with E-state index in [9.17, 15) is 4.79 Å². The van der Waals surface area contributed by atoms with E-state index in [4.69, 9.17) is 0 Å². The number of hydrogen-bond acceptors (Lipinski definition) is 5. The molecule has 0 spiro atoms. The highest BCUT2D eigenvalue weighted by molar-refractivity contribution is 14.0. The fourth-order valence-electron chi connectivity index (χ4n) is 3.27. The quantitative estimate of drug-likeness (QED) is 0.279. The van der Waals surface area contributed by atoms with Crippen molar-refractivity contribution in [3.63, 3.8) is 0 Å². The molecule has 1 aliphatic heterocycles. The predicted octanol–water partition coefficient (Wildman–Crippen LogP) is 3.09. The van der Waals surface area contributed by atoms with Crippen LogP contribution in [0.1, 0.15) is 30.7 Å². The highest BCUT2D eigenvalue weighted by Gasteiger charge is 2.24. The first kappa shape index (κ1) is 23.6. The number of likely N-dealkylation sites (tertiary alicyclic amines) is 1. The van der Waals surface area contributed by atoms with Gasteiger partial charge < -0.3 is 16.0 Å². The van der Waals surface area contributed by atoms with Crippen LogP contribution in [0.25, 0.3) is 0 Å². The largest absolute Gasteiger partial charge is 0.357 e. The summed E-state index contributed by atoms with van der Waals surface area (Å²) in [5.74, 6) is 0.490. The van der Waals surface area contributed by atoms with Crippen LogP contribution < -0.4 is 16.0 Å². The molecule has 29 heavy (non-hydrogen) atoms. The highest BCUT2D eigenvalue weighted by atomic mass is 127. The van der Waals surface area contributed by atoms with Crippen LogP contribution in [0, 0.1) is 0 Å². The van der Waals surface area contributed by atoms with Crippen LogP contribution in [0.15, 0.2) is 47.0 Å². The van der Waals surface area contributed by atoms with Crippen LogP contribution in [-0.2, 0) is 4.79 Å². The first-order chi connectivity index (χ1) is 13.8. The summed E-state index contributed by atoms with van der Waals surface area (Å²) in [6.07, 6.45) is 5.80. The SMILES string of the molecule is CCNC(=NCC(=O)Nc1cccnc1)NCC(c1cccs1)N1CCCC1.I. The van der Waals surface area contributed by atoms with Crippen molar-refractivity contribution in [2.75, 3.05) is 38.0 Å². The minimum Gasteiger partial charge on any atom is -0.357 e. The van der Waals surface area contributed by atoms with Gasteiger partial charge in [-0.15, -0.1) is 35.3 Å². The summed E-state index contributed by atoms with van der Waals surface area (Å²) in [5, 5.41) is 11.6. The van der Waals surface area contributed by atoms with Crippen LogP contribution in [0.5, 0.6) is 0 Å². The number of anilines is 1. The minimum absolute atomic E-state index is 0. The number of nitrogens with zero attached hydrogens (tertiary/aromatic N) is 3. The number of pyridine rings is 1. The molecule has 1 unspecified atom stereocenters. The standard InChI is InChI=1S/C20H28N6OS.HI/c1-2-22-20(24-15-19(27)25-16-7-5-9-21-13-16)23-14-17(18-8-6-12-28-18)26-10-3-4-11-26;/h5-9,12-13,17H,2-4,10-11,14-15H2,1H3,(H,25,27)(H2,22,23,24);1H. The number of carbonyl (C=O) groups excluding carboxylic acids is 1. The number of aromatic nitrogens is 1. The molecule has 1 saturated heterocycles. The molecule has 158 valence electrons. The Morgan fingerprint density at radius 1 is 1.28 bits per heavy atom. The van der Waals surface area contributed by atoms with Gasteiger partial charge in [0.05, 0.1) is 17.9 Å². The van der Waals surface area contributed by atoms with Gasteiger partial charge >= 0.3 is 0 Å². The van der Waals surface area contributed by atoms with E-state index < -0.39 is 0 Å². The van der Waals surface area contributed by atoms with E-state index in [0.29, 0.717) is 17.7 Å². The summed E-state index contributed by atoms with van der Waals surface area (Å²) in [5.41, 5.74) is 0.674. The molecule has 0 aliphatic carbocycles. The smallest absolute Gasteiger partial charge is 0.246 e. The zero-order valence-corrected chi connectivity index (χ0v) is 19.8. The molecule has 3 rings (SSSR count). The van der Waals surface area contributed by atoms with E-state index >= 15 is 0 Å². The van der Waals surface area contributed by atoms with Crippen LogP contribution in [-0.4, -0.2) is 54.5 Å². The first-order valence-electron chi connectivity index (χ1n) is 9.75. The Morgan fingerprint density at radius 3 is 2.76 bits per heavy atom. The third kappa shape index (κ3) is 7.56. The predicted molar refractivity (Wildman–Crippen MR) is 130 cm³/mol. The number of guanidine groups is 1. The Morgan fingerprint density at radius 2 is 2.10 bits per heavy atom. The fraction of sp³-hybridized carbons (Fsp3) is 0.450. The average molecular weight is 528 g/mol. The number of thiophene rings is 1. The normalized spacial score (nSPS) is 15.4.